The summed E-state index contributed by atoms with van der Waals surface area (Å²) < 4.78 is 11.2. The van der Waals surface area contributed by atoms with Crippen LogP contribution in [0.5, 0.6) is 0 Å². The number of hydrogen-bond acceptors (Lipinski definition) is 4. The summed E-state index contributed by atoms with van der Waals surface area (Å²) in [7, 11) is 0. The molecule has 0 saturated carbocycles. The Kier molecular flexibility index (Phi) is 47.1. The summed E-state index contributed by atoms with van der Waals surface area (Å²) in [6, 6.07) is 0. The van der Waals surface area contributed by atoms with Crippen molar-refractivity contribution in [1.82, 2.24) is 0 Å². The largest absolute Gasteiger partial charge is 0.457 e. The van der Waals surface area contributed by atoms with Crippen LogP contribution < -0.4 is 0 Å². The SMILES string of the molecule is CC/C=C\C/C=C\C/C=C\C/C=C\C/C=C\C/C=C\CCCCCOCC(CO)OC(=O)CCCCCCCCCCCCCCCCCCCCCCCC. The lowest BCUT2D eigenvalue weighted by molar-refractivity contribution is -0.154. The number of rotatable bonds is 44. The fraction of sp³-hybridized carbons (Fsp3) is 0.750. The Labute approximate surface area is 348 Å². The van der Waals surface area contributed by atoms with Crippen molar-refractivity contribution in [3.63, 3.8) is 0 Å². The van der Waals surface area contributed by atoms with Gasteiger partial charge in [0.05, 0.1) is 13.2 Å². The molecular formula is C52H92O4. The Morgan fingerprint density at radius 3 is 1.20 bits per heavy atom. The highest BCUT2D eigenvalue weighted by Gasteiger charge is 2.13. The van der Waals surface area contributed by atoms with Crippen LogP contribution in [0.15, 0.2) is 72.9 Å². The fourth-order valence-corrected chi connectivity index (χ4v) is 6.74. The highest BCUT2D eigenvalue weighted by Crippen LogP contribution is 2.16. The lowest BCUT2D eigenvalue weighted by Gasteiger charge is -2.15. The smallest absolute Gasteiger partial charge is 0.306 e. The van der Waals surface area contributed by atoms with Gasteiger partial charge >= 0.3 is 5.97 Å². The van der Waals surface area contributed by atoms with Gasteiger partial charge in [-0.1, -0.05) is 228 Å². The molecule has 0 aliphatic carbocycles. The van der Waals surface area contributed by atoms with Crippen LogP contribution in [0.2, 0.25) is 0 Å². The number of aliphatic hydroxyl groups is 1. The van der Waals surface area contributed by atoms with Gasteiger partial charge in [0.1, 0.15) is 6.10 Å². The summed E-state index contributed by atoms with van der Waals surface area (Å²) in [5.41, 5.74) is 0. The fourth-order valence-electron chi connectivity index (χ4n) is 6.74. The molecule has 1 N–H and O–H groups in total. The number of carbonyl (C=O) groups is 1. The van der Waals surface area contributed by atoms with Gasteiger partial charge in [0.2, 0.25) is 0 Å². The number of aliphatic hydroxyl groups excluding tert-OH is 1. The van der Waals surface area contributed by atoms with Crippen LogP contribution in [0, 0.1) is 0 Å². The lowest BCUT2D eigenvalue weighted by atomic mass is 10.0. The summed E-state index contributed by atoms with van der Waals surface area (Å²) in [6.07, 6.45) is 67.0. The van der Waals surface area contributed by atoms with E-state index in [2.05, 4.69) is 86.8 Å². The molecule has 1 atom stereocenters. The van der Waals surface area contributed by atoms with Gasteiger partial charge in [0.25, 0.3) is 0 Å². The predicted molar refractivity (Wildman–Crippen MR) is 246 cm³/mol. The summed E-state index contributed by atoms with van der Waals surface area (Å²) in [4.78, 5) is 12.3. The van der Waals surface area contributed by atoms with E-state index in [-0.39, 0.29) is 19.2 Å². The molecule has 0 saturated heterocycles. The normalized spacial score (nSPS) is 13.0. The maximum atomic E-state index is 12.3. The van der Waals surface area contributed by atoms with E-state index in [1.807, 2.05) is 0 Å². The van der Waals surface area contributed by atoms with Crippen LogP contribution in [0.4, 0.5) is 0 Å². The number of unbranched alkanes of at least 4 members (excludes halogenated alkanes) is 24. The minimum absolute atomic E-state index is 0.187. The Bertz CT molecular complexity index is 958. The maximum Gasteiger partial charge on any atom is 0.306 e. The van der Waals surface area contributed by atoms with Gasteiger partial charge in [-0.2, -0.15) is 0 Å². The van der Waals surface area contributed by atoms with Crippen molar-refractivity contribution in [2.45, 2.75) is 232 Å². The molecule has 1 unspecified atom stereocenters. The molecule has 56 heavy (non-hydrogen) atoms. The van der Waals surface area contributed by atoms with Crippen LogP contribution in [-0.2, 0) is 14.3 Å². The topological polar surface area (TPSA) is 55.8 Å². The molecule has 0 amide bonds. The second-order valence-electron chi connectivity index (χ2n) is 15.8. The van der Waals surface area contributed by atoms with Crippen molar-refractivity contribution < 1.29 is 19.4 Å². The molecule has 0 radical (unpaired) electrons. The van der Waals surface area contributed by atoms with E-state index in [4.69, 9.17) is 9.47 Å². The first-order valence-corrected chi connectivity index (χ1v) is 24.0. The molecule has 0 aliphatic rings. The molecule has 0 heterocycles. The molecule has 0 fully saturated rings. The number of ether oxygens (including phenoxy) is 2. The van der Waals surface area contributed by atoms with E-state index in [0.717, 1.165) is 77.0 Å². The van der Waals surface area contributed by atoms with Gasteiger partial charge in [-0.3, -0.25) is 4.79 Å². The summed E-state index contributed by atoms with van der Waals surface area (Å²) in [5.74, 6) is -0.211. The van der Waals surface area contributed by atoms with Gasteiger partial charge in [-0.15, -0.1) is 0 Å². The van der Waals surface area contributed by atoms with Crippen molar-refractivity contribution in [2.24, 2.45) is 0 Å². The molecule has 324 valence electrons. The molecule has 0 aromatic carbocycles. The zero-order valence-electron chi connectivity index (χ0n) is 37.1. The summed E-state index contributed by atoms with van der Waals surface area (Å²) in [5, 5.41) is 9.63. The van der Waals surface area contributed by atoms with Crippen molar-refractivity contribution in [3.8, 4) is 0 Å². The van der Waals surface area contributed by atoms with E-state index in [0.29, 0.717) is 13.0 Å². The first-order valence-electron chi connectivity index (χ1n) is 24.0. The quantitative estimate of drug-likeness (QED) is 0.0380. The number of hydrogen-bond donors (Lipinski definition) is 1. The monoisotopic (exact) mass is 781 g/mol. The minimum Gasteiger partial charge on any atom is -0.457 e. The summed E-state index contributed by atoms with van der Waals surface area (Å²) >= 11 is 0. The standard InChI is InChI=1S/C52H92O4/c1-3-5-7-9-11-13-15-17-19-21-23-25-27-29-31-33-35-37-39-41-43-45-47-52(54)56-51(49-53)50-55-48-46-44-42-40-38-36-34-32-30-28-26-24-22-20-18-16-14-12-10-8-6-4-2/h6,8,12,14,18,20,24,26,30,32,36,38,51,53H,3-5,7,9-11,13,15-17,19,21-23,25,27-29,31,33-35,37,39-50H2,1-2H3/b8-6-,14-12-,20-18-,26-24-,32-30-,38-36-. The van der Waals surface area contributed by atoms with Crippen LogP contribution in [0.3, 0.4) is 0 Å². The van der Waals surface area contributed by atoms with E-state index in [1.165, 1.54) is 128 Å². The average Bonchev–Trinajstić information content (AvgIpc) is 3.20. The van der Waals surface area contributed by atoms with Gasteiger partial charge < -0.3 is 14.6 Å². The Hall–Kier alpha value is -2.17. The van der Waals surface area contributed by atoms with Crippen molar-refractivity contribution in [2.75, 3.05) is 19.8 Å². The minimum atomic E-state index is -0.555. The number of allylic oxidation sites excluding steroid dienone is 12. The van der Waals surface area contributed by atoms with Crippen molar-refractivity contribution in [3.05, 3.63) is 72.9 Å². The second-order valence-corrected chi connectivity index (χ2v) is 15.8. The lowest BCUT2D eigenvalue weighted by Crippen LogP contribution is -2.27. The highest BCUT2D eigenvalue weighted by molar-refractivity contribution is 5.69. The van der Waals surface area contributed by atoms with E-state index in [9.17, 15) is 9.90 Å². The third-order valence-electron chi connectivity index (χ3n) is 10.3. The Balaban J connectivity index is 3.48. The zero-order valence-corrected chi connectivity index (χ0v) is 37.1. The first kappa shape index (κ1) is 53.8. The van der Waals surface area contributed by atoms with E-state index in [1.54, 1.807) is 0 Å². The van der Waals surface area contributed by atoms with Crippen molar-refractivity contribution >= 4 is 5.97 Å². The average molecular weight is 781 g/mol. The van der Waals surface area contributed by atoms with Crippen LogP contribution in [0.25, 0.3) is 0 Å². The molecule has 0 aliphatic heterocycles. The Morgan fingerprint density at radius 1 is 0.446 bits per heavy atom. The maximum absolute atomic E-state index is 12.3. The third-order valence-corrected chi connectivity index (χ3v) is 10.3. The molecule has 0 rings (SSSR count). The molecule has 0 bridgehead atoms. The zero-order chi connectivity index (χ0) is 40.5. The molecule has 4 heteroatoms. The van der Waals surface area contributed by atoms with Gasteiger partial charge in [0.15, 0.2) is 0 Å². The third kappa shape index (κ3) is 46.2. The molecule has 0 spiro atoms. The van der Waals surface area contributed by atoms with Gasteiger partial charge in [0, 0.05) is 13.0 Å². The molecule has 0 aromatic heterocycles. The van der Waals surface area contributed by atoms with Crippen LogP contribution in [-0.4, -0.2) is 37.0 Å². The number of carbonyl (C=O) groups excluding carboxylic acids is 1. The molecule has 4 nitrogen and oxygen atoms in total. The van der Waals surface area contributed by atoms with Crippen LogP contribution in [0.1, 0.15) is 226 Å². The molecular weight excluding hydrogens is 689 g/mol. The second kappa shape index (κ2) is 49.0. The first-order chi connectivity index (χ1) is 27.7. The van der Waals surface area contributed by atoms with E-state index >= 15 is 0 Å². The van der Waals surface area contributed by atoms with Gasteiger partial charge in [-0.25, -0.2) is 0 Å². The summed E-state index contributed by atoms with van der Waals surface area (Å²) in [6.45, 7) is 5.18. The van der Waals surface area contributed by atoms with E-state index < -0.39 is 6.10 Å². The highest BCUT2D eigenvalue weighted by atomic mass is 16.6. The molecule has 0 aromatic rings. The number of esters is 1. The van der Waals surface area contributed by atoms with Crippen LogP contribution >= 0.6 is 0 Å². The Morgan fingerprint density at radius 2 is 0.804 bits per heavy atom. The van der Waals surface area contributed by atoms with Crippen molar-refractivity contribution in [1.29, 1.82) is 0 Å². The van der Waals surface area contributed by atoms with Gasteiger partial charge in [-0.05, 0) is 64.2 Å². The predicted octanol–water partition coefficient (Wildman–Crippen LogP) is 16.2.